The van der Waals surface area contributed by atoms with E-state index in [0.29, 0.717) is 12.1 Å². The summed E-state index contributed by atoms with van der Waals surface area (Å²) in [6.07, 6.45) is 0. The summed E-state index contributed by atoms with van der Waals surface area (Å²) in [5, 5.41) is 34.1. The second-order valence-electron chi connectivity index (χ2n) is 11.8. The third-order valence-electron chi connectivity index (χ3n) is 7.53. The van der Waals surface area contributed by atoms with Gasteiger partial charge in [0.2, 0.25) is 0 Å². The van der Waals surface area contributed by atoms with Crippen LogP contribution < -0.4 is 11.5 Å². The van der Waals surface area contributed by atoms with Crippen LogP contribution in [0, 0.1) is 0 Å². The Hall–Kier alpha value is -5.03. The topological polar surface area (TPSA) is 469 Å². The quantitative estimate of drug-likeness (QED) is 0.0117. The van der Waals surface area contributed by atoms with Gasteiger partial charge in [0.15, 0.2) is 32.0 Å². The minimum absolute atomic E-state index is 0.0624. The largest absolute Gasteiger partial charge is 0.397 e. The number of anilines is 2. The molecule has 0 aliphatic rings. The molecule has 0 bridgehead atoms. The van der Waals surface area contributed by atoms with Gasteiger partial charge in [-0.15, -0.1) is 35.0 Å². The van der Waals surface area contributed by atoms with Gasteiger partial charge in [0.1, 0.15) is 48.8 Å². The molecule has 64 heavy (non-hydrogen) atoms. The standard InChI is InChI=1S/C28H28N8O21S7/c29-26-21(34-31-18-3-1-2-4-23(18)61(42,43)44)15-22(35-32-19-7-5-16(13-24(19)62(45,46)47)59(38,39)11-9-54-58-57-56-37)27(30)28(26)36-33-20-8-6-17(14-25(20)63(48,49)50)60(40,41)12-10-55-64(51,52)53/h1-8,13-15,37H,9-12,29-30H2,(H,42,43,44)(H,45,46,47)(H,48,49,50)(H,51,52,53). The molecule has 0 heterocycles. The summed E-state index contributed by atoms with van der Waals surface area (Å²) in [6, 6.07) is 9.62. The van der Waals surface area contributed by atoms with Gasteiger partial charge in [-0.2, -0.15) is 33.7 Å². The van der Waals surface area contributed by atoms with Gasteiger partial charge in [-0.3, -0.25) is 22.4 Å². The number of nitrogen functional groups attached to an aromatic ring is 2. The first-order valence-corrected chi connectivity index (χ1v) is 25.8. The second kappa shape index (κ2) is 20.4. The third kappa shape index (κ3) is 14.0. The van der Waals surface area contributed by atoms with Gasteiger partial charge in [0.05, 0.1) is 45.9 Å². The average Bonchev–Trinajstić information content (AvgIpc) is 3.18. The molecule has 0 saturated heterocycles. The molecule has 29 nitrogen and oxygen atoms in total. The highest BCUT2D eigenvalue weighted by Crippen LogP contribution is 2.46. The van der Waals surface area contributed by atoms with Crippen molar-refractivity contribution >= 4 is 118 Å². The van der Waals surface area contributed by atoms with Crippen molar-refractivity contribution in [3.63, 3.8) is 0 Å². The van der Waals surface area contributed by atoms with E-state index in [4.69, 9.17) is 25.5 Å². The van der Waals surface area contributed by atoms with Crippen LogP contribution in [0.1, 0.15) is 0 Å². The van der Waals surface area contributed by atoms with E-state index in [9.17, 15) is 64.2 Å². The molecule has 0 aliphatic carbocycles. The van der Waals surface area contributed by atoms with Crippen LogP contribution in [-0.2, 0) is 78.2 Å². The van der Waals surface area contributed by atoms with E-state index >= 15 is 0 Å². The average molecular weight is 1040 g/mol. The molecule has 0 aliphatic heterocycles. The van der Waals surface area contributed by atoms with E-state index in [0.717, 1.165) is 42.5 Å². The van der Waals surface area contributed by atoms with E-state index in [-0.39, 0.29) is 12.3 Å². The van der Waals surface area contributed by atoms with Crippen LogP contribution in [0.25, 0.3) is 0 Å². The lowest BCUT2D eigenvalue weighted by molar-refractivity contribution is -0.434. The number of hydrogen-bond acceptors (Lipinski definition) is 26. The highest BCUT2D eigenvalue weighted by Gasteiger charge is 2.25. The van der Waals surface area contributed by atoms with E-state index in [1.807, 2.05) is 0 Å². The van der Waals surface area contributed by atoms with Crippen molar-refractivity contribution in [1.29, 1.82) is 0 Å². The summed E-state index contributed by atoms with van der Waals surface area (Å²) in [5.74, 6) is -1.89. The summed E-state index contributed by atoms with van der Waals surface area (Å²) in [5.41, 5.74) is 7.65. The fourth-order valence-corrected chi connectivity index (χ4v) is 9.69. The molecule has 0 fully saturated rings. The van der Waals surface area contributed by atoms with Crippen molar-refractivity contribution in [2.75, 3.05) is 36.2 Å². The normalized spacial score (nSPS) is 13.4. The summed E-state index contributed by atoms with van der Waals surface area (Å²) in [7, 11) is -29.5. The first kappa shape index (κ1) is 51.6. The molecular weight excluding hydrogens is 1010 g/mol. The molecule has 0 amide bonds. The molecule has 9 N–H and O–H groups in total. The van der Waals surface area contributed by atoms with Gasteiger partial charge >= 0.3 is 10.4 Å². The summed E-state index contributed by atoms with van der Waals surface area (Å²) in [6.45, 7) is -1.67. The van der Waals surface area contributed by atoms with Crippen LogP contribution >= 0.6 is 12.3 Å². The Labute approximate surface area is 366 Å². The molecular formula is C28H28N8O21S7. The van der Waals surface area contributed by atoms with Crippen molar-refractivity contribution < 1.29 is 91.7 Å². The van der Waals surface area contributed by atoms with Gasteiger partial charge in [-0.1, -0.05) is 17.2 Å². The van der Waals surface area contributed by atoms with Gasteiger partial charge < -0.3 is 11.5 Å². The minimum atomic E-state index is -5.35. The molecule has 0 atom stereocenters. The molecule has 0 radical (unpaired) electrons. The number of sulfone groups is 2. The first-order chi connectivity index (χ1) is 29.5. The maximum atomic E-state index is 12.8. The number of hydrogen-bond donors (Lipinski definition) is 7. The van der Waals surface area contributed by atoms with Gasteiger partial charge in [0, 0.05) is 0 Å². The lowest BCUT2D eigenvalue weighted by Crippen LogP contribution is -2.16. The number of benzene rings is 4. The zero-order valence-electron chi connectivity index (χ0n) is 31.1. The monoisotopic (exact) mass is 1040 g/mol. The Bertz CT molecular complexity index is 3220. The van der Waals surface area contributed by atoms with Crippen LogP contribution in [0.4, 0.5) is 45.5 Å². The maximum Gasteiger partial charge on any atom is 0.397 e. The number of nitrogens with zero attached hydrogens (tertiary/aromatic N) is 6. The Morgan fingerprint density at radius 3 is 1.39 bits per heavy atom. The Balaban J connectivity index is 1.88. The van der Waals surface area contributed by atoms with Crippen LogP contribution in [0.2, 0.25) is 0 Å². The number of azo groups is 3. The molecule has 0 saturated carbocycles. The number of nitrogens with two attached hydrogens (primary N) is 2. The van der Waals surface area contributed by atoms with Crippen LogP contribution in [-0.4, -0.2) is 98.7 Å². The van der Waals surface area contributed by atoms with Crippen molar-refractivity contribution in [1.82, 2.24) is 0 Å². The Kier molecular flexibility index (Phi) is 16.5. The van der Waals surface area contributed by atoms with Crippen molar-refractivity contribution in [2.24, 2.45) is 30.7 Å². The zero-order chi connectivity index (χ0) is 47.9. The SMILES string of the molecule is Nc1c(N=Nc2ccccc2S(=O)(=O)O)cc(N=Nc2ccc(S(=O)(=O)CCOSOOO)cc2S(=O)(=O)O)c(N)c1N=Nc1ccc(S(=O)(=O)CCOS(=O)(=O)O)cc1S(=O)(=O)O. The maximum absolute atomic E-state index is 12.8. The molecule has 348 valence electrons. The van der Waals surface area contributed by atoms with Crippen LogP contribution in [0.3, 0.4) is 0 Å². The van der Waals surface area contributed by atoms with E-state index < -0.39 is 155 Å². The van der Waals surface area contributed by atoms with Crippen LogP contribution in [0.5, 0.6) is 0 Å². The molecule has 36 heteroatoms. The van der Waals surface area contributed by atoms with E-state index in [2.05, 4.69) is 44.2 Å². The van der Waals surface area contributed by atoms with Gasteiger partial charge in [0.25, 0.3) is 30.4 Å². The van der Waals surface area contributed by atoms with Gasteiger partial charge in [-0.25, -0.2) is 26.3 Å². The summed E-state index contributed by atoms with van der Waals surface area (Å²) in [4.78, 5) is -4.48. The van der Waals surface area contributed by atoms with E-state index in [1.165, 1.54) is 12.1 Å². The lowest BCUT2D eigenvalue weighted by Gasteiger charge is -2.11. The summed E-state index contributed by atoms with van der Waals surface area (Å²) < 4.78 is 197. The molecule has 4 aromatic carbocycles. The number of rotatable bonds is 21. The van der Waals surface area contributed by atoms with Crippen molar-refractivity contribution in [3.05, 3.63) is 66.7 Å². The third-order valence-corrected chi connectivity index (χ3v) is 14.4. The van der Waals surface area contributed by atoms with Crippen molar-refractivity contribution in [2.45, 2.75) is 24.5 Å². The second-order valence-corrected chi connectivity index (χ2v) is 21.8. The van der Waals surface area contributed by atoms with Crippen LogP contribution in [0.15, 0.2) is 122 Å². The zero-order valence-corrected chi connectivity index (χ0v) is 36.9. The summed E-state index contributed by atoms with van der Waals surface area (Å²) >= 11 is 0.0624. The lowest BCUT2D eigenvalue weighted by atomic mass is 10.2. The highest BCUT2D eigenvalue weighted by molar-refractivity contribution is 7.92. The Morgan fingerprint density at radius 2 is 0.938 bits per heavy atom. The molecule has 0 spiro atoms. The minimum Gasteiger partial charge on any atom is -0.395 e. The highest BCUT2D eigenvalue weighted by atomic mass is 32.3. The predicted molar refractivity (Wildman–Crippen MR) is 217 cm³/mol. The predicted octanol–water partition coefficient (Wildman–Crippen LogP) is 4.21. The molecule has 0 unspecified atom stereocenters. The smallest absolute Gasteiger partial charge is 0.395 e. The first-order valence-electron chi connectivity index (χ1n) is 16.2. The molecule has 0 aromatic heterocycles. The van der Waals surface area contributed by atoms with Gasteiger partial charge in [-0.05, 0) is 54.6 Å². The molecule has 4 rings (SSSR count). The Morgan fingerprint density at radius 1 is 0.516 bits per heavy atom. The van der Waals surface area contributed by atoms with Crippen molar-refractivity contribution in [3.8, 4) is 0 Å². The molecule has 4 aromatic rings. The fraction of sp³-hybridized carbons (Fsp3) is 0.143. The fourth-order valence-electron chi connectivity index (χ4n) is 4.67. The van der Waals surface area contributed by atoms with E-state index in [1.54, 1.807) is 0 Å².